The number of benzene rings is 1. The quantitative estimate of drug-likeness (QED) is 0.312. The van der Waals surface area contributed by atoms with Crippen LogP contribution in [0.4, 0.5) is 0 Å². The number of aromatic nitrogens is 2. The molecule has 3 rings (SSSR count). The van der Waals surface area contributed by atoms with E-state index in [1.807, 2.05) is 24.3 Å². The van der Waals surface area contributed by atoms with Gasteiger partial charge in [0.15, 0.2) is 12.2 Å². The van der Waals surface area contributed by atoms with Gasteiger partial charge in [0.05, 0.1) is 12.3 Å². The smallest absolute Gasteiger partial charge is 0.316 e. The Hall–Kier alpha value is -3.05. The van der Waals surface area contributed by atoms with Gasteiger partial charge in [0.2, 0.25) is 0 Å². The van der Waals surface area contributed by atoms with E-state index >= 15 is 0 Å². The number of rotatable bonds is 6. The van der Waals surface area contributed by atoms with Crippen LogP contribution in [0, 0.1) is 12.3 Å². The number of para-hydroxylation sites is 1. The highest BCUT2D eigenvalue weighted by Gasteiger charge is 2.15. The summed E-state index contributed by atoms with van der Waals surface area (Å²) in [5.74, 6) is 1.27. The lowest BCUT2D eigenvalue weighted by Crippen LogP contribution is -2.29. The third kappa shape index (κ3) is 3.89. The van der Waals surface area contributed by atoms with Gasteiger partial charge in [0.1, 0.15) is 22.5 Å². The van der Waals surface area contributed by atoms with Gasteiger partial charge in [-0.1, -0.05) is 29.8 Å². The van der Waals surface area contributed by atoms with Gasteiger partial charge >= 0.3 is 5.97 Å². The summed E-state index contributed by atoms with van der Waals surface area (Å²) in [5, 5.41) is 3.83. The number of terminal acetylenes is 1. The van der Waals surface area contributed by atoms with E-state index in [0.29, 0.717) is 21.7 Å². The molecule has 0 aliphatic rings. The van der Waals surface area contributed by atoms with Crippen molar-refractivity contribution in [1.82, 2.24) is 15.3 Å². The number of nitrogens with zero attached hydrogens (tertiary/aromatic N) is 2. The van der Waals surface area contributed by atoms with Crippen molar-refractivity contribution in [3.63, 3.8) is 0 Å². The normalized spacial score (nSPS) is 10.5. The number of ether oxygens (including phenoxy) is 1. The van der Waals surface area contributed by atoms with Gasteiger partial charge in [-0.2, -0.15) is 0 Å². The number of hydrogen-bond donors (Lipinski definition) is 1. The van der Waals surface area contributed by atoms with Crippen LogP contribution >= 0.6 is 11.8 Å². The van der Waals surface area contributed by atoms with E-state index in [4.69, 9.17) is 15.6 Å². The Kier molecular flexibility index (Phi) is 5.16. The molecule has 1 N–H and O–H groups in total. The first kappa shape index (κ1) is 16.8. The average Bonchev–Trinajstić information content (AvgIpc) is 3.02. The first-order valence-electron chi connectivity index (χ1n) is 7.30. The van der Waals surface area contributed by atoms with Crippen LogP contribution in [0.15, 0.2) is 40.0 Å². The van der Waals surface area contributed by atoms with E-state index in [0.717, 1.165) is 17.1 Å². The number of thioether (sulfide) groups is 1. The van der Waals surface area contributed by atoms with Gasteiger partial charge in [-0.05, 0) is 12.1 Å². The van der Waals surface area contributed by atoms with E-state index in [9.17, 15) is 9.59 Å². The number of hydrogen-bond acceptors (Lipinski definition) is 7. The van der Waals surface area contributed by atoms with Crippen LogP contribution in [-0.4, -0.2) is 40.7 Å². The molecule has 7 nitrogen and oxygen atoms in total. The molecule has 0 unspecified atom stereocenters. The van der Waals surface area contributed by atoms with E-state index in [1.54, 1.807) is 0 Å². The molecule has 1 amide bonds. The number of esters is 1. The van der Waals surface area contributed by atoms with Crippen molar-refractivity contribution < 1.29 is 18.7 Å². The highest BCUT2D eigenvalue weighted by atomic mass is 32.2. The Labute approximate surface area is 147 Å². The van der Waals surface area contributed by atoms with Crippen LogP contribution in [0.1, 0.15) is 0 Å². The number of amides is 1. The minimum Gasteiger partial charge on any atom is -0.455 e. The second-order valence-electron chi connectivity index (χ2n) is 4.88. The molecule has 0 spiro atoms. The summed E-state index contributed by atoms with van der Waals surface area (Å²) in [6.45, 7) is -0.277. The van der Waals surface area contributed by atoms with Crippen LogP contribution in [-0.2, 0) is 14.3 Å². The molecule has 0 radical (unpaired) electrons. The number of carbonyl (C=O) groups excluding carboxylic acids is 2. The fourth-order valence-electron chi connectivity index (χ4n) is 2.12. The van der Waals surface area contributed by atoms with Gasteiger partial charge in [0.25, 0.3) is 5.91 Å². The molecule has 0 aliphatic carbocycles. The Bertz CT molecular complexity index is 977. The lowest BCUT2D eigenvalue weighted by atomic mass is 10.2. The van der Waals surface area contributed by atoms with E-state index in [2.05, 4.69) is 21.2 Å². The largest absolute Gasteiger partial charge is 0.455 e. The van der Waals surface area contributed by atoms with Crippen molar-refractivity contribution in [3.8, 4) is 12.3 Å². The van der Waals surface area contributed by atoms with E-state index in [1.165, 1.54) is 6.33 Å². The summed E-state index contributed by atoms with van der Waals surface area (Å²) >= 11 is 1.16. The lowest BCUT2D eigenvalue weighted by Gasteiger charge is -2.04. The monoisotopic (exact) mass is 355 g/mol. The first-order chi connectivity index (χ1) is 12.2. The Morgan fingerprint density at radius 2 is 2.16 bits per heavy atom. The maximum Gasteiger partial charge on any atom is 0.316 e. The molecule has 8 heteroatoms. The van der Waals surface area contributed by atoms with Crippen molar-refractivity contribution in [1.29, 1.82) is 0 Å². The van der Waals surface area contributed by atoms with Crippen LogP contribution in [0.5, 0.6) is 0 Å². The Morgan fingerprint density at radius 3 is 3.00 bits per heavy atom. The molecule has 0 bridgehead atoms. The van der Waals surface area contributed by atoms with Crippen LogP contribution in [0.2, 0.25) is 0 Å². The zero-order valence-corrected chi connectivity index (χ0v) is 13.8. The van der Waals surface area contributed by atoms with Crippen molar-refractivity contribution in [2.24, 2.45) is 0 Å². The zero-order chi connectivity index (χ0) is 17.6. The van der Waals surface area contributed by atoms with Crippen molar-refractivity contribution in [2.75, 3.05) is 18.9 Å². The molecule has 0 saturated carbocycles. The topological polar surface area (TPSA) is 94.3 Å². The van der Waals surface area contributed by atoms with Crippen molar-refractivity contribution in [2.45, 2.75) is 5.03 Å². The van der Waals surface area contributed by atoms with E-state index in [-0.39, 0.29) is 18.9 Å². The molecule has 0 saturated heterocycles. The third-order valence-electron chi connectivity index (χ3n) is 3.20. The molecule has 0 atom stereocenters. The number of fused-ring (bicyclic) bond motifs is 3. The molecular formula is C17H13N3O4S. The molecule has 0 fully saturated rings. The van der Waals surface area contributed by atoms with Crippen molar-refractivity contribution >= 4 is 45.7 Å². The predicted molar refractivity (Wildman–Crippen MR) is 92.8 cm³/mol. The summed E-state index contributed by atoms with van der Waals surface area (Å²) in [5.41, 5.74) is 1.91. The fourth-order valence-corrected chi connectivity index (χ4v) is 2.85. The summed E-state index contributed by atoms with van der Waals surface area (Å²) in [4.78, 5) is 31.5. The van der Waals surface area contributed by atoms with Gasteiger partial charge in [-0.15, -0.1) is 6.42 Å². The highest BCUT2D eigenvalue weighted by molar-refractivity contribution is 8.00. The molecule has 1 aromatic carbocycles. The Morgan fingerprint density at radius 1 is 1.32 bits per heavy atom. The maximum absolute atomic E-state index is 11.8. The van der Waals surface area contributed by atoms with Gasteiger partial charge in [-0.25, -0.2) is 9.97 Å². The van der Waals surface area contributed by atoms with E-state index < -0.39 is 11.9 Å². The Balaban J connectivity index is 1.64. The first-order valence-corrected chi connectivity index (χ1v) is 8.28. The summed E-state index contributed by atoms with van der Waals surface area (Å²) < 4.78 is 10.7. The standard InChI is InChI=1S/C17H13N3O4S/c1-2-7-18-13(21)8-23-14(22)9-25-17-16-15(19-10-20-17)11-5-3-4-6-12(11)24-16/h1,3-6,10H,7-9H2,(H,18,21). The third-order valence-corrected chi connectivity index (χ3v) is 4.15. The minimum absolute atomic E-state index is 0.00836. The number of nitrogens with one attached hydrogen (secondary N) is 1. The number of carbonyl (C=O) groups is 2. The van der Waals surface area contributed by atoms with Gasteiger partial charge in [-0.3, -0.25) is 9.59 Å². The van der Waals surface area contributed by atoms with Crippen molar-refractivity contribution in [3.05, 3.63) is 30.6 Å². The second kappa shape index (κ2) is 7.68. The lowest BCUT2D eigenvalue weighted by molar-refractivity contribution is -0.145. The second-order valence-corrected chi connectivity index (χ2v) is 5.85. The molecule has 2 heterocycles. The van der Waals surface area contributed by atoms with Crippen LogP contribution in [0.3, 0.4) is 0 Å². The average molecular weight is 355 g/mol. The van der Waals surface area contributed by atoms with Gasteiger partial charge in [0, 0.05) is 5.39 Å². The number of furan rings is 1. The molecule has 2 aromatic heterocycles. The fraction of sp³-hybridized carbons (Fsp3) is 0.176. The SMILES string of the molecule is C#CCNC(=O)COC(=O)CSc1ncnc2c1oc1ccccc12. The predicted octanol–water partition coefficient (Wildman–Crippen LogP) is 1.76. The molecule has 3 aromatic rings. The summed E-state index contributed by atoms with van der Waals surface area (Å²) in [6, 6.07) is 7.52. The summed E-state index contributed by atoms with van der Waals surface area (Å²) in [6.07, 6.45) is 6.44. The minimum atomic E-state index is -0.538. The molecule has 25 heavy (non-hydrogen) atoms. The molecule has 0 aliphatic heterocycles. The summed E-state index contributed by atoms with van der Waals surface area (Å²) in [7, 11) is 0. The maximum atomic E-state index is 11.8. The highest BCUT2D eigenvalue weighted by Crippen LogP contribution is 2.32. The van der Waals surface area contributed by atoms with Crippen LogP contribution < -0.4 is 5.32 Å². The van der Waals surface area contributed by atoms with Gasteiger partial charge < -0.3 is 14.5 Å². The van der Waals surface area contributed by atoms with Crippen LogP contribution in [0.25, 0.3) is 22.1 Å². The molecule has 126 valence electrons. The molecular weight excluding hydrogens is 342 g/mol. The zero-order valence-electron chi connectivity index (χ0n) is 13.0.